The minimum Gasteiger partial charge on any atom is -0.460 e. The highest BCUT2D eigenvalue weighted by Crippen LogP contribution is 2.35. The molecule has 0 radical (unpaired) electrons. The van der Waals surface area contributed by atoms with Crippen molar-refractivity contribution in [2.75, 3.05) is 31.1 Å². The number of piperidine rings is 1. The molecule has 0 aromatic heterocycles. The fraction of sp³-hybridized carbons (Fsp3) is 0.483. The summed E-state index contributed by atoms with van der Waals surface area (Å²) in [5.41, 5.74) is 0.462. The molecule has 1 N–H and O–H groups in total. The summed E-state index contributed by atoms with van der Waals surface area (Å²) in [7, 11) is 0. The first-order valence-electron chi connectivity index (χ1n) is 12.9. The third-order valence-electron chi connectivity index (χ3n) is 6.88. The van der Waals surface area contributed by atoms with Gasteiger partial charge in [-0.15, -0.1) is 0 Å². The first-order chi connectivity index (χ1) is 17.7. The average molecular weight is 508 g/mol. The van der Waals surface area contributed by atoms with E-state index in [1.54, 1.807) is 4.90 Å². The number of piperazine rings is 1. The fourth-order valence-corrected chi connectivity index (χ4v) is 5.05. The van der Waals surface area contributed by atoms with Gasteiger partial charge in [-0.25, -0.2) is 0 Å². The van der Waals surface area contributed by atoms with Crippen molar-refractivity contribution in [3.8, 4) is 0 Å². The molecule has 2 aromatic carbocycles. The molecule has 8 nitrogen and oxygen atoms in total. The smallest absolute Gasteiger partial charge is 0.308 e. The molecule has 1 atom stereocenters. The van der Waals surface area contributed by atoms with Gasteiger partial charge in [0.05, 0.1) is 19.6 Å². The van der Waals surface area contributed by atoms with Gasteiger partial charge in [-0.3, -0.25) is 14.4 Å². The van der Waals surface area contributed by atoms with Crippen LogP contribution < -0.4 is 10.2 Å². The number of benzene rings is 2. The number of ether oxygens (including phenoxy) is 2. The number of nitrogens with one attached hydrogen (secondary N) is 1. The summed E-state index contributed by atoms with van der Waals surface area (Å²) in [6.45, 7) is 7.22. The Morgan fingerprint density at radius 2 is 1.62 bits per heavy atom. The number of hydrogen-bond donors (Lipinski definition) is 1. The van der Waals surface area contributed by atoms with E-state index in [1.165, 1.54) is 0 Å². The molecule has 0 bridgehead atoms. The number of hydrogen-bond acceptors (Lipinski definition) is 6. The van der Waals surface area contributed by atoms with Crippen molar-refractivity contribution in [2.45, 2.75) is 63.8 Å². The van der Waals surface area contributed by atoms with E-state index in [-0.39, 0.29) is 37.4 Å². The molecule has 37 heavy (non-hydrogen) atoms. The first-order valence-corrected chi connectivity index (χ1v) is 12.9. The van der Waals surface area contributed by atoms with Crippen molar-refractivity contribution < 1.29 is 23.9 Å². The number of esters is 1. The Hall–Kier alpha value is -3.39. The zero-order valence-electron chi connectivity index (χ0n) is 21.9. The molecule has 0 aliphatic carbocycles. The lowest BCUT2D eigenvalue weighted by Crippen LogP contribution is -2.73. The van der Waals surface area contributed by atoms with Crippen LogP contribution in [0.15, 0.2) is 60.7 Å². The Morgan fingerprint density at radius 1 is 1.00 bits per heavy atom. The Bertz CT molecular complexity index is 1080. The van der Waals surface area contributed by atoms with Crippen LogP contribution >= 0.6 is 0 Å². The van der Waals surface area contributed by atoms with Crippen molar-refractivity contribution in [3.05, 3.63) is 66.2 Å². The van der Waals surface area contributed by atoms with E-state index in [0.717, 1.165) is 11.3 Å². The highest BCUT2D eigenvalue weighted by atomic mass is 16.6. The van der Waals surface area contributed by atoms with E-state index < -0.39 is 17.2 Å². The van der Waals surface area contributed by atoms with Crippen LogP contribution in [-0.4, -0.2) is 66.1 Å². The SMILES string of the molecule is CC(C)(C)OC(=O)CCN1C(=O)C(COCc2ccccc2)NC(=O)C12CCN(c1ccccc1)CC2. The van der Waals surface area contributed by atoms with Gasteiger partial charge in [0.15, 0.2) is 0 Å². The molecule has 1 unspecified atom stereocenters. The zero-order valence-corrected chi connectivity index (χ0v) is 21.9. The average Bonchev–Trinajstić information content (AvgIpc) is 2.87. The summed E-state index contributed by atoms with van der Waals surface area (Å²) >= 11 is 0. The van der Waals surface area contributed by atoms with Gasteiger partial charge in [0, 0.05) is 25.3 Å². The lowest BCUT2D eigenvalue weighted by atomic mass is 9.81. The van der Waals surface area contributed by atoms with E-state index >= 15 is 0 Å². The number of para-hydroxylation sites is 1. The van der Waals surface area contributed by atoms with Crippen LogP contribution in [0.4, 0.5) is 5.69 Å². The molecular formula is C29H37N3O5. The third kappa shape index (κ3) is 6.49. The molecule has 2 saturated heterocycles. The second kappa shape index (κ2) is 11.3. The van der Waals surface area contributed by atoms with Gasteiger partial charge in [0.25, 0.3) is 0 Å². The number of nitrogens with zero attached hydrogens (tertiary/aromatic N) is 2. The number of anilines is 1. The van der Waals surface area contributed by atoms with E-state index in [2.05, 4.69) is 10.2 Å². The second-order valence-electron chi connectivity index (χ2n) is 10.7. The standard InChI is InChI=1S/C29H37N3O5/c1-28(2,3)37-25(33)14-17-32-26(34)24(21-36-20-22-10-6-4-7-11-22)30-27(35)29(32)15-18-31(19-16-29)23-12-8-5-9-13-23/h4-13,24H,14-21H2,1-3H3,(H,30,35). The molecule has 1 spiro atoms. The van der Waals surface area contributed by atoms with Crippen molar-refractivity contribution in [3.63, 3.8) is 0 Å². The predicted molar refractivity (Wildman–Crippen MR) is 141 cm³/mol. The molecule has 2 fully saturated rings. The van der Waals surface area contributed by atoms with Crippen LogP contribution in [0.5, 0.6) is 0 Å². The molecule has 0 saturated carbocycles. The van der Waals surface area contributed by atoms with E-state index in [9.17, 15) is 14.4 Å². The van der Waals surface area contributed by atoms with Crippen molar-refractivity contribution in [1.82, 2.24) is 10.2 Å². The Balaban J connectivity index is 1.47. The molecule has 2 amide bonds. The minimum absolute atomic E-state index is 0.0258. The van der Waals surface area contributed by atoms with Gasteiger partial charge in [-0.05, 0) is 51.3 Å². The van der Waals surface area contributed by atoms with Crippen LogP contribution in [0.25, 0.3) is 0 Å². The second-order valence-corrected chi connectivity index (χ2v) is 10.7. The number of carbonyl (C=O) groups is 3. The summed E-state index contributed by atoms with van der Waals surface area (Å²) in [5.74, 6) is -0.790. The van der Waals surface area contributed by atoms with Gasteiger partial charge in [0.1, 0.15) is 17.2 Å². The van der Waals surface area contributed by atoms with Gasteiger partial charge in [-0.1, -0.05) is 48.5 Å². The highest BCUT2D eigenvalue weighted by molar-refractivity contribution is 6.00. The van der Waals surface area contributed by atoms with Crippen LogP contribution in [0.1, 0.15) is 45.6 Å². The van der Waals surface area contributed by atoms with Gasteiger partial charge in [-0.2, -0.15) is 0 Å². The normalized spacial score (nSPS) is 19.6. The van der Waals surface area contributed by atoms with Crippen LogP contribution in [0.2, 0.25) is 0 Å². The molecule has 8 heteroatoms. The van der Waals surface area contributed by atoms with Gasteiger partial charge >= 0.3 is 5.97 Å². The number of rotatable bonds is 8. The van der Waals surface area contributed by atoms with E-state index in [0.29, 0.717) is 32.5 Å². The molecule has 4 rings (SSSR count). The first kappa shape index (κ1) is 26.7. The number of carbonyl (C=O) groups excluding carboxylic acids is 3. The Morgan fingerprint density at radius 3 is 2.24 bits per heavy atom. The van der Waals surface area contributed by atoms with Gasteiger partial charge in [0.2, 0.25) is 11.8 Å². The molecule has 2 aromatic rings. The summed E-state index contributed by atoms with van der Waals surface area (Å²) < 4.78 is 11.3. The minimum atomic E-state index is -1.000. The Kier molecular flexibility index (Phi) is 8.17. The third-order valence-corrected chi connectivity index (χ3v) is 6.88. The zero-order chi connectivity index (χ0) is 26.5. The molecule has 198 valence electrons. The van der Waals surface area contributed by atoms with Crippen molar-refractivity contribution in [1.29, 1.82) is 0 Å². The van der Waals surface area contributed by atoms with Crippen molar-refractivity contribution in [2.24, 2.45) is 0 Å². The van der Waals surface area contributed by atoms with Crippen LogP contribution in [0.3, 0.4) is 0 Å². The maximum absolute atomic E-state index is 13.7. The topological polar surface area (TPSA) is 88.2 Å². The fourth-order valence-electron chi connectivity index (χ4n) is 5.05. The van der Waals surface area contributed by atoms with Crippen LogP contribution in [0, 0.1) is 0 Å². The maximum atomic E-state index is 13.7. The summed E-state index contributed by atoms with van der Waals surface area (Å²) in [6.07, 6.45) is 0.981. The summed E-state index contributed by atoms with van der Waals surface area (Å²) in [6, 6.07) is 18.9. The quantitative estimate of drug-likeness (QED) is 0.552. The summed E-state index contributed by atoms with van der Waals surface area (Å²) in [5, 5.41) is 2.93. The molecular weight excluding hydrogens is 470 g/mol. The Labute approximate surface area is 218 Å². The van der Waals surface area contributed by atoms with Crippen LogP contribution in [-0.2, 0) is 30.5 Å². The molecule has 2 heterocycles. The van der Waals surface area contributed by atoms with Crippen molar-refractivity contribution >= 4 is 23.5 Å². The lowest BCUT2D eigenvalue weighted by molar-refractivity contribution is -0.164. The van der Waals surface area contributed by atoms with E-state index in [1.807, 2.05) is 81.4 Å². The monoisotopic (exact) mass is 507 g/mol. The number of amides is 2. The largest absolute Gasteiger partial charge is 0.460 e. The predicted octanol–water partition coefficient (Wildman–Crippen LogP) is 3.30. The van der Waals surface area contributed by atoms with Gasteiger partial charge < -0.3 is 24.6 Å². The lowest BCUT2D eigenvalue weighted by Gasteiger charge is -2.51. The molecule has 2 aliphatic heterocycles. The van der Waals surface area contributed by atoms with E-state index in [4.69, 9.17) is 9.47 Å². The maximum Gasteiger partial charge on any atom is 0.308 e. The summed E-state index contributed by atoms with van der Waals surface area (Å²) in [4.78, 5) is 43.7. The highest BCUT2D eigenvalue weighted by Gasteiger charge is 2.53. The molecule has 2 aliphatic rings.